The second-order valence-electron chi connectivity index (χ2n) is 13.5. The molecule has 8 aromatic carbocycles. The molecule has 0 spiro atoms. The Labute approximate surface area is 322 Å². The summed E-state index contributed by atoms with van der Waals surface area (Å²) in [6, 6.07) is 46.7. The Morgan fingerprint density at radius 1 is 0.352 bits per heavy atom. The van der Waals surface area contributed by atoms with Crippen LogP contribution in [0.25, 0.3) is 97.8 Å². The fourth-order valence-electron chi connectivity index (χ4n) is 7.70. The molecule has 0 amide bonds. The number of thiophene rings is 1. The molecule has 0 aliphatic heterocycles. The van der Waals surface area contributed by atoms with Crippen molar-refractivity contribution in [1.29, 1.82) is 0 Å². The Bertz CT molecular complexity index is 3120. The number of nitrogens with zero attached hydrogens (tertiary/aromatic N) is 3. The molecule has 0 saturated carbocycles. The molecule has 3 nitrogen and oxygen atoms in total. The van der Waals surface area contributed by atoms with Crippen LogP contribution in [-0.2, 0) is 0 Å². The van der Waals surface area contributed by atoms with E-state index in [2.05, 4.69) is 91.0 Å². The summed E-state index contributed by atoms with van der Waals surface area (Å²) >= 11 is 1.73. The number of benzene rings is 8. The molecule has 0 aliphatic carbocycles. The number of aromatic nitrogens is 3. The summed E-state index contributed by atoms with van der Waals surface area (Å²) in [5.41, 5.74) is 4.95. The number of hydrogen-bond acceptors (Lipinski definition) is 4. The minimum atomic E-state index is 0.129. The molecule has 0 atom stereocenters. The van der Waals surface area contributed by atoms with Crippen LogP contribution < -0.4 is 27.3 Å². The maximum absolute atomic E-state index is 6.54. The predicted octanol–water partition coefficient (Wildman–Crippen LogP) is 6.34. The van der Waals surface area contributed by atoms with Crippen LogP contribution in [0.2, 0.25) is 0 Å². The van der Waals surface area contributed by atoms with Crippen LogP contribution in [0.15, 0.2) is 133 Å². The third-order valence-corrected chi connectivity index (χ3v) is 11.5. The molecule has 0 bridgehead atoms. The smallest absolute Gasteiger partial charge is 0.164 e. The molecule has 0 fully saturated rings. The van der Waals surface area contributed by atoms with Gasteiger partial charge in [0.25, 0.3) is 0 Å². The molecule has 0 saturated heterocycles. The van der Waals surface area contributed by atoms with Crippen molar-refractivity contribution < 1.29 is 0 Å². The zero-order valence-corrected chi connectivity index (χ0v) is 29.7. The second-order valence-corrected chi connectivity index (χ2v) is 14.5. The topological polar surface area (TPSA) is 38.7 Å². The Morgan fingerprint density at radius 3 is 1.54 bits per heavy atom. The summed E-state index contributed by atoms with van der Waals surface area (Å²) in [7, 11) is 31.8. The second kappa shape index (κ2) is 12.6. The quantitative estimate of drug-likeness (QED) is 0.160. The van der Waals surface area contributed by atoms with Crippen LogP contribution in [0.3, 0.4) is 0 Å². The van der Waals surface area contributed by atoms with Gasteiger partial charge in [0.1, 0.15) is 39.2 Å². The monoisotopic (exact) mass is 691 g/mol. The Morgan fingerprint density at radius 2 is 0.870 bits per heavy atom. The van der Waals surface area contributed by atoms with Gasteiger partial charge in [0.2, 0.25) is 0 Å². The number of rotatable bonds is 4. The van der Waals surface area contributed by atoms with E-state index in [4.69, 9.17) is 54.2 Å². The Hall–Kier alpha value is -5.91. The molecular formula is C45H22B5N3S. The lowest BCUT2D eigenvalue weighted by molar-refractivity contribution is 1.08. The van der Waals surface area contributed by atoms with E-state index in [9.17, 15) is 0 Å². The van der Waals surface area contributed by atoms with E-state index < -0.39 is 0 Å². The molecular weight excluding hydrogens is 669 g/mol. The average Bonchev–Trinajstić information content (AvgIpc) is 3.61. The maximum Gasteiger partial charge on any atom is 0.164 e. The van der Waals surface area contributed by atoms with Gasteiger partial charge < -0.3 is 0 Å². The SMILES string of the molecule is [B]c1c([B])c([B])c(-c2nc(-c3ccccc3)nc(-c3cccc4sc5ccc(-c6ccc7c8ccccc8c8ccccc8c7c6)cc5c34)n2)c([B])c1[B]. The minimum Gasteiger partial charge on any atom is -0.208 e. The van der Waals surface area contributed by atoms with Gasteiger partial charge in [-0.25, -0.2) is 15.0 Å². The van der Waals surface area contributed by atoms with E-state index in [1.807, 2.05) is 42.5 Å². The van der Waals surface area contributed by atoms with Crippen LogP contribution >= 0.6 is 11.3 Å². The normalized spacial score (nSPS) is 11.7. The van der Waals surface area contributed by atoms with Crippen molar-refractivity contribution >= 4 is 130 Å². The summed E-state index contributed by atoms with van der Waals surface area (Å²) in [5, 5.41) is 9.62. The lowest BCUT2D eigenvalue weighted by atomic mass is 9.60. The molecule has 0 N–H and O–H groups in total. The van der Waals surface area contributed by atoms with Gasteiger partial charge in [-0.15, -0.1) is 27.7 Å². The van der Waals surface area contributed by atoms with Gasteiger partial charge in [-0.05, 0) is 67.7 Å². The van der Waals surface area contributed by atoms with Gasteiger partial charge in [-0.1, -0.05) is 120 Å². The summed E-state index contributed by atoms with van der Waals surface area (Å²) < 4.78 is 2.27. The summed E-state index contributed by atoms with van der Waals surface area (Å²) in [6.07, 6.45) is 0. The molecule has 10 rings (SSSR count). The first-order valence-corrected chi connectivity index (χ1v) is 18.3. The molecule has 10 aromatic rings. The standard InChI is InChI=1S/C45H22B5N3S/c46-38-37(39(47)41(49)42(50)40(38)48)45-52-43(23-9-2-1-3-10-23)51-44(53-45)31-15-8-16-35-36(31)33-22-25(18-20-34(33)54-35)24-17-19-30-28-13-5-4-11-26(28)27-12-6-7-14-29(27)32(30)21-24/h1-22H. The minimum absolute atomic E-state index is 0.129. The van der Waals surface area contributed by atoms with E-state index in [1.54, 1.807) is 11.3 Å². The largest absolute Gasteiger partial charge is 0.208 e. The number of hydrogen-bond donors (Lipinski definition) is 0. The lowest BCUT2D eigenvalue weighted by Gasteiger charge is -2.20. The van der Waals surface area contributed by atoms with E-state index >= 15 is 0 Å². The van der Waals surface area contributed by atoms with Gasteiger partial charge >= 0.3 is 0 Å². The van der Waals surface area contributed by atoms with Crippen molar-refractivity contribution in [2.45, 2.75) is 0 Å². The van der Waals surface area contributed by atoms with Crippen molar-refractivity contribution in [2.75, 3.05) is 0 Å². The summed E-state index contributed by atoms with van der Waals surface area (Å²) in [6.45, 7) is 0. The molecule has 238 valence electrons. The van der Waals surface area contributed by atoms with Crippen molar-refractivity contribution in [2.24, 2.45) is 0 Å². The van der Waals surface area contributed by atoms with E-state index in [1.165, 1.54) is 32.3 Å². The van der Waals surface area contributed by atoms with E-state index in [0.717, 1.165) is 42.4 Å². The molecule has 2 heterocycles. The lowest BCUT2D eigenvalue weighted by Crippen LogP contribution is -2.55. The van der Waals surface area contributed by atoms with Crippen LogP contribution in [0, 0.1) is 0 Å². The fraction of sp³-hybridized carbons (Fsp3) is 0. The number of fused-ring (bicyclic) bond motifs is 9. The van der Waals surface area contributed by atoms with Crippen LogP contribution in [0.1, 0.15) is 0 Å². The summed E-state index contributed by atoms with van der Waals surface area (Å²) in [5.74, 6) is 1.17. The van der Waals surface area contributed by atoms with Crippen LogP contribution in [0.4, 0.5) is 0 Å². The Kier molecular flexibility index (Phi) is 7.64. The van der Waals surface area contributed by atoms with E-state index in [-0.39, 0.29) is 33.1 Å². The predicted molar refractivity (Wildman–Crippen MR) is 234 cm³/mol. The maximum atomic E-state index is 6.54. The van der Waals surface area contributed by atoms with Crippen molar-refractivity contribution in [3.8, 4) is 45.3 Å². The third kappa shape index (κ3) is 5.06. The highest BCUT2D eigenvalue weighted by Crippen LogP contribution is 2.42. The van der Waals surface area contributed by atoms with Crippen LogP contribution in [-0.4, -0.2) is 54.2 Å². The first-order valence-electron chi connectivity index (χ1n) is 17.5. The Balaban J connectivity index is 1.20. The molecule has 54 heavy (non-hydrogen) atoms. The van der Waals surface area contributed by atoms with Crippen molar-refractivity contribution in [3.05, 3.63) is 133 Å². The third-order valence-electron chi connectivity index (χ3n) is 10.4. The molecule has 9 heteroatoms. The zero-order chi connectivity index (χ0) is 36.7. The molecule has 10 radical (unpaired) electrons. The highest BCUT2D eigenvalue weighted by molar-refractivity contribution is 7.26. The highest BCUT2D eigenvalue weighted by Gasteiger charge is 2.20. The highest BCUT2D eigenvalue weighted by atomic mass is 32.1. The van der Waals surface area contributed by atoms with Gasteiger partial charge in [-0.2, -0.15) is 0 Å². The molecule has 2 aromatic heterocycles. The average molecular weight is 691 g/mol. The van der Waals surface area contributed by atoms with Gasteiger partial charge in [-0.3, -0.25) is 0 Å². The summed E-state index contributed by atoms with van der Waals surface area (Å²) in [4.78, 5) is 14.9. The van der Waals surface area contributed by atoms with Crippen molar-refractivity contribution in [1.82, 2.24) is 15.0 Å². The first-order chi connectivity index (χ1) is 26.4. The van der Waals surface area contributed by atoms with Crippen molar-refractivity contribution in [3.63, 3.8) is 0 Å². The fourth-order valence-corrected chi connectivity index (χ4v) is 8.81. The van der Waals surface area contributed by atoms with Gasteiger partial charge in [0.05, 0.1) is 0 Å². The van der Waals surface area contributed by atoms with Gasteiger partial charge in [0.15, 0.2) is 17.5 Å². The van der Waals surface area contributed by atoms with Crippen LogP contribution in [0.5, 0.6) is 0 Å². The van der Waals surface area contributed by atoms with E-state index in [0.29, 0.717) is 17.2 Å². The first kappa shape index (κ1) is 32.7. The zero-order valence-electron chi connectivity index (χ0n) is 28.8. The molecule has 0 unspecified atom stereocenters. The van der Waals surface area contributed by atoms with Gasteiger partial charge in [0, 0.05) is 36.9 Å². The molecule has 0 aliphatic rings.